The van der Waals surface area contributed by atoms with Crippen LogP contribution in [-0.4, -0.2) is 6.04 Å². The Morgan fingerprint density at radius 2 is 1.56 bits per heavy atom. The summed E-state index contributed by atoms with van der Waals surface area (Å²) in [5.74, 6) is 5.14. The van der Waals surface area contributed by atoms with E-state index in [0.29, 0.717) is 6.04 Å². The first-order chi connectivity index (χ1) is 3.35. The molecule has 4 heteroatoms. The number of hydrazine groups is 1. The Hall–Kier alpha value is 0.500. The molecule has 0 amide bonds. The van der Waals surface area contributed by atoms with Crippen molar-refractivity contribution >= 4 is 24.8 Å². The van der Waals surface area contributed by atoms with Gasteiger partial charge in [-0.05, 0) is 12.8 Å². The van der Waals surface area contributed by atoms with Gasteiger partial charge in [0.05, 0.1) is 0 Å². The van der Waals surface area contributed by atoms with Gasteiger partial charge in [0.1, 0.15) is 0 Å². The lowest BCUT2D eigenvalue weighted by molar-refractivity contribution is 0.500. The van der Waals surface area contributed by atoms with E-state index >= 15 is 0 Å². The molecule has 9 heavy (non-hydrogen) atoms. The normalized spacial score (nSPS) is 8.00. The van der Waals surface area contributed by atoms with Crippen molar-refractivity contribution in [1.82, 2.24) is 5.43 Å². The van der Waals surface area contributed by atoms with Crippen LogP contribution >= 0.6 is 24.8 Å². The molecule has 0 rings (SSSR count). The molecule has 0 radical (unpaired) electrons. The van der Waals surface area contributed by atoms with E-state index in [9.17, 15) is 0 Å². The minimum Gasteiger partial charge on any atom is -0.271 e. The SMILES string of the molecule is CCC(CC)NN.Cl.Cl. The van der Waals surface area contributed by atoms with Gasteiger partial charge in [-0.25, -0.2) is 0 Å². The van der Waals surface area contributed by atoms with Gasteiger partial charge in [-0.1, -0.05) is 13.8 Å². The minimum absolute atomic E-state index is 0. The van der Waals surface area contributed by atoms with Gasteiger partial charge < -0.3 is 0 Å². The average Bonchev–Trinajstić information content (AvgIpc) is 1.72. The second kappa shape index (κ2) is 11.3. The summed E-state index contributed by atoms with van der Waals surface area (Å²) in [5, 5.41) is 0. The molecule has 60 valence electrons. The van der Waals surface area contributed by atoms with E-state index in [1.54, 1.807) is 0 Å². The molecular formula is C5H16Cl2N2. The Labute approximate surface area is 69.4 Å². The number of halogens is 2. The van der Waals surface area contributed by atoms with Crippen LogP contribution in [0.15, 0.2) is 0 Å². The number of rotatable bonds is 3. The van der Waals surface area contributed by atoms with Gasteiger partial charge in [0.25, 0.3) is 0 Å². The van der Waals surface area contributed by atoms with E-state index in [1.165, 1.54) is 0 Å². The third-order valence-electron chi connectivity index (χ3n) is 1.22. The molecule has 0 aromatic carbocycles. The van der Waals surface area contributed by atoms with Crippen molar-refractivity contribution < 1.29 is 0 Å². The molecular weight excluding hydrogens is 159 g/mol. The second-order valence-corrected chi connectivity index (χ2v) is 1.68. The zero-order valence-electron chi connectivity index (χ0n) is 5.89. The first kappa shape index (κ1) is 16.2. The number of hydrogen-bond donors (Lipinski definition) is 2. The van der Waals surface area contributed by atoms with Gasteiger partial charge in [-0.15, -0.1) is 24.8 Å². The Morgan fingerprint density at radius 3 is 1.56 bits per heavy atom. The molecule has 0 aliphatic carbocycles. The highest BCUT2D eigenvalue weighted by molar-refractivity contribution is 5.85. The zero-order valence-corrected chi connectivity index (χ0v) is 7.52. The van der Waals surface area contributed by atoms with Crippen molar-refractivity contribution in [3.63, 3.8) is 0 Å². The van der Waals surface area contributed by atoms with E-state index < -0.39 is 0 Å². The highest BCUT2D eigenvalue weighted by Crippen LogP contribution is 1.91. The van der Waals surface area contributed by atoms with Crippen molar-refractivity contribution in [2.45, 2.75) is 32.7 Å². The first-order valence-electron chi connectivity index (χ1n) is 2.81. The first-order valence-corrected chi connectivity index (χ1v) is 2.81. The molecule has 0 aromatic rings. The average molecular weight is 175 g/mol. The monoisotopic (exact) mass is 174 g/mol. The molecule has 0 saturated carbocycles. The quantitative estimate of drug-likeness (QED) is 0.503. The van der Waals surface area contributed by atoms with Crippen LogP contribution in [-0.2, 0) is 0 Å². The molecule has 0 heterocycles. The van der Waals surface area contributed by atoms with Gasteiger partial charge in [-0.2, -0.15) is 0 Å². The molecule has 0 aromatic heterocycles. The Bertz CT molecular complexity index is 34.4. The Kier molecular flexibility index (Phi) is 20.4. The van der Waals surface area contributed by atoms with Crippen molar-refractivity contribution in [2.75, 3.05) is 0 Å². The predicted octanol–water partition coefficient (Wildman–Crippen LogP) is 1.48. The maximum atomic E-state index is 5.14. The van der Waals surface area contributed by atoms with Gasteiger partial charge in [0.2, 0.25) is 0 Å². The highest BCUT2D eigenvalue weighted by Gasteiger charge is 1.94. The van der Waals surface area contributed by atoms with Crippen LogP contribution < -0.4 is 11.3 Å². The fraction of sp³-hybridized carbons (Fsp3) is 1.00. The summed E-state index contributed by atoms with van der Waals surface area (Å²) in [4.78, 5) is 0. The van der Waals surface area contributed by atoms with Gasteiger partial charge in [0.15, 0.2) is 0 Å². The fourth-order valence-corrected chi connectivity index (χ4v) is 0.524. The Morgan fingerprint density at radius 1 is 1.22 bits per heavy atom. The predicted molar refractivity (Wildman–Crippen MR) is 46.2 cm³/mol. The number of nitrogens with one attached hydrogen (secondary N) is 1. The minimum atomic E-state index is 0. The largest absolute Gasteiger partial charge is 0.271 e. The maximum absolute atomic E-state index is 5.14. The molecule has 0 fully saturated rings. The summed E-state index contributed by atoms with van der Waals surface area (Å²) in [6, 6.07) is 0.514. The van der Waals surface area contributed by atoms with Crippen molar-refractivity contribution in [1.29, 1.82) is 0 Å². The molecule has 0 aliphatic heterocycles. The third kappa shape index (κ3) is 8.50. The van der Waals surface area contributed by atoms with Crippen LogP contribution in [0.5, 0.6) is 0 Å². The van der Waals surface area contributed by atoms with Crippen LogP contribution in [0.3, 0.4) is 0 Å². The third-order valence-corrected chi connectivity index (χ3v) is 1.22. The molecule has 0 spiro atoms. The van der Waals surface area contributed by atoms with Crippen LogP contribution in [0, 0.1) is 0 Å². The lowest BCUT2D eigenvalue weighted by Gasteiger charge is -2.07. The fourth-order valence-electron chi connectivity index (χ4n) is 0.524. The molecule has 0 aliphatic rings. The van der Waals surface area contributed by atoms with Gasteiger partial charge >= 0.3 is 0 Å². The van der Waals surface area contributed by atoms with Gasteiger partial charge in [-0.3, -0.25) is 11.3 Å². The van der Waals surface area contributed by atoms with E-state index in [2.05, 4.69) is 19.3 Å². The summed E-state index contributed by atoms with van der Waals surface area (Å²) in [7, 11) is 0. The topological polar surface area (TPSA) is 38.0 Å². The number of nitrogens with two attached hydrogens (primary N) is 1. The Balaban J connectivity index is -0.000000180. The summed E-state index contributed by atoms with van der Waals surface area (Å²) < 4.78 is 0. The van der Waals surface area contributed by atoms with Crippen LogP contribution in [0.25, 0.3) is 0 Å². The van der Waals surface area contributed by atoms with Crippen molar-refractivity contribution in [2.24, 2.45) is 5.84 Å². The van der Waals surface area contributed by atoms with Crippen LogP contribution in [0.2, 0.25) is 0 Å². The van der Waals surface area contributed by atoms with E-state index in [0.717, 1.165) is 12.8 Å². The van der Waals surface area contributed by atoms with Crippen molar-refractivity contribution in [3.8, 4) is 0 Å². The zero-order chi connectivity index (χ0) is 5.70. The van der Waals surface area contributed by atoms with E-state index in [4.69, 9.17) is 5.84 Å². The van der Waals surface area contributed by atoms with Crippen LogP contribution in [0.1, 0.15) is 26.7 Å². The van der Waals surface area contributed by atoms with Gasteiger partial charge in [0, 0.05) is 6.04 Å². The molecule has 0 saturated heterocycles. The smallest absolute Gasteiger partial charge is 0.0205 e. The summed E-state index contributed by atoms with van der Waals surface area (Å²) >= 11 is 0. The van der Waals surface area contributed by atoms with E-state index in [-0.39, 0.29) is 24.8 Å². The summed E-state index contributed by atoms with van der Waals surface area (Å²) in [5.41, 5.74) is 2.70. The summed E-state index contributed by atoms with van der Waals surface area (Å²) in [6.07, 6.45) is 2.24. The molecule has 0 bridgehead atoms. The van der Waals surface area contributed by atoms with E-state index in [1.807, 2.05) is 0 Å². The molecule has 2 nitrogen and oxygen atoms in total. The van der Waals surface area contributed by atoms with Crippen LogP contribution in [0.4, 0.5) is 0 Å². The molecule has 0 atom stereocenters. The standard InChI is InChI=1S/C5H14N2.2ClH/c1-3-5(4-2)7-6;;/h5,7H,3-4,6H2,1-2H3;2*1H. The summed E-state index contributed by atoms with van der Waals surface area (Å²) in [6.45, 7) is 4.24. The maximum Gasteiger partial charge on any atom is 0.0205 e. The molecule has 3 N–H and O–H groups in total. The lowest BCUT2D eigenvalue weighted by atomic mass is 10.2. The molecule has 0 unspecified atom stereocenters. The lowest BCUT2D eigenvalue weighted by Crippen LogP contribution is -2.33. The van der Waals surface area contributed by atoms with Crippen molar-refractivity contribution in [3.05, 3.63) is 0 Å². The number of hydrogen-bond acceptors (Lipinski definition) is 2. The second-order valence-electron chi connectivity index (χ2n) is 1.68. The highest BCUT2D eigenvalue weighted by atomic mass is 35.5.